The molecule has 9 heteroatoms. The van der Waals surface area contributed by atoms with Gasteiger partial charge in [-0.1, -0.05) is 51.1 Å². The van der Waals surface area contributed by atoms with Gasteiger partial charge in [-0.15, -0.1) is 0 Å². The Hall–Kier alpha value is -3.38. The van der Waals surface area contributed by atoms with Crippen LogP contribution in [0.25, 0.3) is 22.3 Å². The number of pyridine rings is 2. The Kier molecular flexibility index (Phi) is 6.95. The van der Waals surface area contributed by atoms with Crippen LogP contribution < -0.4 is 4.74 Å². The molecule has 0 spiro atoms. The minimum atomic E-state index is -2.64. The Morgan fingerprint density at radius 2 is 1.87 bits per heavy atom. The molecule has 0 amide bonds. The molecule has 0 saturated heterocycles. The van der Waals surface area contributed by atoms with Gasteiger partial charge in [0.05, 0.1) is 32.8 Å². The van der Waals surface area contributed by atoms with Crippen molar-refractivity contribution in [1.29, 1.82) is 5.26 Å². The predicted molar refractivity (Wildman–Crippen MR) is 145 cm³/mol. The van der Waals surface area contributed by atoms with Gasteiger partial charge in [0, 0.05) is 30.5 Å². The molecule has 0 bridgehead atoms. The minimum Gasteiger partial charge on any atom is -0.488 e. The molecule has 196 valence electrons. The van der Waals surface area contributed by atoms with Gasteiger partial charge >= 0.3 is 0 Å². The van der Waals surface area contributed by atoms with Crippen molar-refractivity contribution in [2.24, 2.45) is 0 Å². The second-order valence-corrected chi connectivity index (χ2v) is 11.5. The second kappa shape index (κ2) is 10.1. The molecule has 38 heavy (non-hydrogen) atoms. The number of hydrogen-bond donors (Lipinski definition) is 0. The van der Waals surface area contributed by atoms with E-state index in [9.17, 15) is 14.0 Å². The van der Waals surface area contributed by atoms with Crippen molar-refractivity contribution >= 4 is 26.8 Å². The lowest BCUT2D eigenvalue weighted by molar-refractivity contribution is -0.0449. The molecular weight excluding hydrogens is 552 g/mol. The monoisotopic (exact) mass is 579 g/mol. The lowest BCUT2D eigenvalue weighted by Crippen LogP contribution is -2.27. The maximum Gasteiger partial charge on any atom is 0.248 e. The first-order valence-electron chi connectivity index (χ1n) is 12.6. The number of halogens is 3. The van der Waals surface area contributed by atoms with E-state index >= 15 is 0 Å². The van der Waals surface area contributed by atoms with Crippen LogP contribution in [-0.2, 0) is 12.0 Å². The Morgan fingerprint density at radius 1 is 1.16 bits per heavy atom. The van der Waals surface area contributed by atoms with E-state index in [0.29, 0.717) is 47.5 Å². The Labute approximate surface area is 228 Å². The third-order valence-electron chi connectivity index (χ3n) is 6.87. The number of ether oxygens (including phenoxy) is 1. The van der Waals surface area contributed by atoms with Gasteiger partial charge in [-0.25, -0.2) is 18.7 Å². The van der Waals surface area contributed by atoms with Gasteiger partial charge in [-0.2, -0.15) is 10.4 Å². The number of rotatable bonds is 5. The zero-order chi connectivity index (χ0) is 27.1. The van der Waals surface area contributed by atoms with Crippen molar-refractivity contribution in [1.82, 2.24) is 19.7 Å². The van der Waals surface area contributed by atoms with Crippen LogP contribution in [0.3, 0.4) is 0 Å². The lowest BCUT2D eigenvalue weighted by Gasteiger charge is -2.29. The fourth-order valence-corrected chi connectivity index (χ4v) is 5.92. The van der Waals surface area contributed by atoms with Crippen LogP contribution in [-0.4, -0.2) is 25.7 Å². The Morgan fingerprint density at radius 3 is 2.53 bits per heavy atom. The summed E-state index contributed by atoms with van der Waals surface area (Å²) < 4.78 is 36.9. The molecule has 1 aromatic carbocycles. The van der Waals surface area contributed by atoms with E-state index in [1.807, 2.05) is 35.0 Å². The normalized spacial score (nSPS) is 15.9. The van der Waals surface area contributed by atoms with Crippen molar-refractivity contribution in [2.45, 2.75) is 70.4 Å². The largest absolute Gasteiger partial charge is 0.488 e. The van der Waals surface area contributed by atoms with E-state index < -0.39 is 5.92 Å². The summed E-state index contributed by atoms with van der Waals surface area (Å²) in [6, 6.07) is 15.3. The predicted octanol–water partition coefficient (Wildman–Crippen LogP) is 7.75. The summed E-state index contributed by atoms with van der Waals surface area (Å²) in [5.41, 5.74) is 3.59. The molecule has 1 aliphatic carbocycles. The number of hydrogen-bond acceptors (Lipinski definition) is 5. The third kappa shape index (κ3) is 5.14. The fraction of sp³-hybridized carbons (Fsp3) is 0.379. The van der Waals surface area contributed by atoms with Crippen LogP contribution >= 0.6 is 15.9 Å². The Balaban J connectivity index is 1.67. The molecule has 0 radical (unpaired) electrons. The van der Waals surface area contributed by atoms with Crippen molar-refractivity contribution < 1.29 is 13.5 Å². The maximum atomic E-state index is 14.0. The standard InChI is InChI=1S/C29H28BrF2N5O/c1-28(2,3)27-25(30)26(37(36-27)19-9-12-29(31,32)13-10-19)21-15-23(38-17-18-7-5-4-6-8-18)24-20(35-21)11-14-34-22(24)16-33/h4-8,11,14-15,19H,9-10,12-13,17H2,1-3H3. The van der Waals surface area contributed by atoms with E-state index in [1.165, 1.54) is 0 Å². The summed E-state index contributed by atoms with van der Waals surface area (Å²) in [5.74, 6) is -2.17. The highest BCUT2D eigenvalue weighted by Gasteiger charge is 2.38. The van der Waals surface area contributed by atoms with Crippen molar-refractivity contribution in [3.63, 3.8) is 0 Å². The van der Waals surface area contributed by atoms with Crippen LogP contribution in [0.15, 0.2) is 53.1 Å². The van der Waals surface area contributed by atoms with Gasteiger partial charge < -0.3 is 4.74 Å². The molecule has 4 aromatic rings. The molecule has 3 heterocycles. The summed E-state index contributed by atoms with van der Waals surface area (Å²) >= 11 is 3.78. The first-order valence-corrected chi connectivity index (χ1v) is 13.4. The molecule has 0 atom stereocenters. The van der Waals surface area contributed by atoms with Crippen LogP contribution in [0.2, 0.25) is 0 Å². The summed E-state index contributed by atoms with van der Waals surface area (Å²) in [7, 11) is 0. The van der Waals surface area contributed by atoms with Crippen LogP contribution in [0, 0.1) is 11.3 Å². The smallest absolute Gasteiger partial charge is 0.248 e. The molecule has 1 fully saturated rings. The number of fused-ring (bicyclic) bond motifs is 1. The van der Waals surface area contributed by atoms with Gasteiger partial charge in [-0.3, -0.25) is 4.68 Å². The van der Waals surface area contributed by atoms with Crippen LogP contribution in [0.5, 0.6) is 5.75 Å². The topological polar surface area (TPSA) is 76.6 Å². The van der Waals surface area contributed by atoms with Crippen molar-refractivity contribution in [2.75, 3.05) is 0 Å². The van der Waals surface area contributed by atoms with Crippen molar-refractivity contribution in [3.05, 3.63) is 70.1 Å². The van der Waals surface area contributed by atoms with Gasteiger partial charge in [-0.05, 0) is 40.4 Å². The van der Waals surface area contributed by atoms with E-state index in [2.05, 4.69) is 47.8 Å². The summed E-state index contributed by atoms with van der Waals surface area (Å²) in [4.78, 5) is 9.12. The number of alkyl halides is 2. The molecule has 0 N–H and O–H groups in total. The summed E-state index contributed by atoms with van der Waals surface area (Å²) in [6.07, 6.45) is 1.85. The first-order chi connectivity index (χ1) is 18.1. The van der Waals surface area contributed by atoms with E-state index in [0.717, 1.165) is 15.7 Å². The number of nitriles is 1. The maximum absolute atomic E-state index is 14.0. The van der Waals surface area contributed by atoms with Gasteiger partial charge in [0.25, 0.3) is 0 Å². The SMILES string of the molecule is CC(C)(C)c1nn(C2CCC(F)(F)CC2)c(-c2cc(OCc3ccccc3)c3c(C#N)nccc3n2)c1Br. The molecular formula is C29H28BrF2N5O. The second-order valence-electron chi connectivity index (χ2n) is 10.7. The summed E-state index contributed by atoms with van der Waals surface area (Å²) in [5, 5.41) is 15.2. The lowest BCUT2D eigenvalue weighted by atomic mass is 9.91. The zero-order valence-electron chi connectivity index (χ0n) is 21.5. The highest BCUT2D eigenvalue weighted by Crippen LogP contribution is 2.44. The third-order valence-corrected chi connectivity index (χ3v) is 7.62. The fourth-order valence-electron chi connectivity index (χ4n) is 4.86. The molecule has 1 saturated carbocycles. The van der Waals surface area contributed by atoms with Crippen LogP contribution in [0.4, 0.5) is 8.78 Å². The molecule has 0 unspecified atom stereocenters. The summed E-state index contributed by atoms with van der Waals surface area (Å²) in [6.45, 7) is 6.49. The van der Waals surface area contributed by atoms with Crippen molar-refractivity contribution in [3.8, 4) is 23.2 Å². The van der Waals surface area contributed by atoms with Gasteiger partial charge in [0.1, 0.15) is 24.1 Å². The number of nitrogens with zero attached hydrogens (tertiary/aromatic N) is 5. The molecule has 0 aliphatic heterocycles. The average Bonchev–Trinajstić information content (AvgIpc) is 3.24. The van der Waals surface area contributed by atoms with Gasteiger partial charge in [0.15, 0.2) is 5.69 Å². The molecule has 3 aromatic heterocycles. The molecule has 5 rings (SSSR count). The minimum absolute atomic E-state index is 0.173. The zero-order valence-corrected chi connectivity index (χ0v) is 23.1. The van der Waals surface area contributed by atoms with E-state index in [4.69, 9.17) is 14.8 Å². The molecule has 6 nitrogen and oxygen atoms in total. The number of aromatic nitrogens is 4. The Bertz CT molecular complexity index is 1510. The molecule has 1 aliphatic rings. The van der Waals surface area contributed by atoms with Crippen LogP contribution in [0.1, 0.15) is 69.4 Å². The van der Waals surface area contributed by atoms with E-state index in [-0.39, 0.29) is 30.0 Å². The van der Waals surface area contributed by atoms with Gasteiger partial charge in [0.2, 0.25) is 5.92 Å². The quantitative estimate of drug-likeness (QED) is 0.241. The highest BCUT2D eigenvalue weighted by molar-refractivity contribution is 9.10. The average molecular weight is 580 g/mol. The number of benzene rings is 1. The highest BCUT2D eigenvalue weighted by atomic mass is 79.9. The van der Waals surface area contributed by atoms with E-state index in [1.54, 1.807) is 18.3 Å². The first kappa shape index (κ1) is 26.2.